The highest BCUT2D eigenvalue weighted by atomic mass is 35.5. The molecule has 3 nitrogen and oxygen atoms in total. The van der Waals surface area contributed by atoms with Crippen LogP contribution in [0, 0.1) is 5.92 Å². The molecule has 0 radical (unpaired) electrons. The van der Waals surface area contributed by atoms with Crippen LogP contribution in [0.3, 0.4) is 0 Å². The molecule has 0 bridgehead atoms. The molecule has 1 aromatic heterocycles. The van der Waals surface area contributed by atoms with Crippen LogP contribution >= 0.6 is 11.6 Å². The highest BCUT2D eigenvalue weighted by molar-refractivity contribution is 6.32. The molecule has 0 aromatic carbocycles. The van der Waals surface area contributed by atoms with Crippen molar-refractivity contribution in [3.63, 3.8) is 0 Å². The molecule has 0 atom stereocenters. The first-order valence-electron chi connectivity index (χ1n) is 6.28. The number of hydrogen-bond donors (Lipinski definition) is 1. The zero-order valence-electron chi connectivity index (χ0n) is 9.88. The Morgan fingerprint density at radius 3 is 2.82 bits per heavy atom. The van der Waals surface area contributed by atoms with E-state index in [1.807, 2.05) is 0 Å². The van der Waals surface area contributed by atoms with Crippen molar-refractivity contribution in [2.24, 2.45) is 5.92 Å². The van der Waals surface area contributed by atoms with Crippen LogP contribution in [-0.4, -0.2) is 12.5 Å². The number of carbonyl (C=O) groups is 1. The lowest BCUT2D eigenvalue weighted by atomic mass is 9.87. The van der Waals surface area contributed by atoms with Crippen LogP contribution in [0.1, 0.15) is 48.9 Å². The number of furan rings is 1. The summed E-state index contributed by atoms with van der Waals surface area (Å²) >= 11 is 5.73. The summed E-state index contributed by atoms with van der Waals surface area (Å²) < 4.78 is 4.89. The molecule has 1 aromatic rings. The van der Waals surface area contributed by atoms with Crippen LogP contribution in [-0.2, 0) is 0 Å². The van der Waals surface area contributed by atoms with Gasteiger partial charge in [-0.05, 0) is 30.0 Å². The molecule has 0 saturated heterocycles. The van der Waals surface area contributed by atoms with E-state index in [0.717, 1.165) is 18.9 Å². The Morgan fingerprint density at radius 1 is 1.41 bits per heavy atom. The topological polar surface area (TPSA) is 42.2 Å². The Hall–Kier alpha value is -0.960. The predicted molar refractivity (Wildman–Crippen MR) is 67.2 cm³/mol. The number of carbonyl (C=O) groups excluding carboxylic acids is 1. The summed E-state index contributed by atoms with van der Waals surface area (Å²) in [6, 6.07) is 1.60. The molecule has 1 aliphatic carbocycles. The van der Waals surface area contributed by atoms with Gasteiger partial charge in [-0.1, -0.05) is 32.1 Å². The fraction of sp³-hybridized carbons (Fsp3) is 0.615. The van der Waals surface area contributed by atoms with Gasteiger partial charge in [-0.3, -0.25) is 4.79 Å². The van der Waals surface area contributed by atoms with Gasteiger partial charge in [-0.2, -0.15) is 0 Å². The Bertz CT molecular complexity index is 369. The highest BCUT2D eigenvalue weighted by Gasteiger charge is 2.15. The van der Waals surface area contributed by atoms with Crippen LogP contribution in [0.25, 0.3) is 0 Å². The number of rotatable bonds is 4. The molecule has 0 aliphatic heterocycles. The summed E-state index contributed by atoms with van der Waals surface area (Å²) in [4.78, 5) is 11.7. The van der Waals surface area contributed by atoms with Crippen molar-refractivity contribution in [1.82, 2.24) is 5.32 Å². The van der Waals surface area contributed by atoms with E-state index >= 15 is 0 Å². The predicted octanol–water partition coefficient (Wildman–Crippen LogP) is 3.63. The fourth-order valence-electron chi connectivity index (χ4n) is 2.42. The zero-order valence-corrected chi connectivity index (χ0v) is 10.6. The second-order valence-electron chi connectivity index (χ2n) is 4.66. The quantitative estimate of drug-likeness (QED) is 0.893. The van der Waals surface area contributed by atoms with E-state index in [1.165, 1.54) is 38.4 Å². The first kappa shape index (κ1) is 12.5. The molecular formula is C13H18ClNO2. The zero-order chi connectivity index (χ0) is 12.1. The lowest BCUT2D eigenvalue weighted by molar-refractivity contribution is 0.0950. The minimum absolute atomic E-state index is 0.139. The summed E-state index contributed by atoms with van der Waals surface area (Å²) in [6.07, 6.45) is 9.16. The molecule has 94 valence electrons. The van der Waals surface area contributed by atoms with Gasteiger partial charge in [-0.15, -0.1) is 0 Å². The fourth-order valence-corrected chi connectivity index (χ4v) is 2.62. The van der Waals surface area contributed by atoms with Crippen LogP contribution < -0.4 is 5.32 Å². The third-order valence-electron chi connectivity index (χ3n) is 3.43. The molecule has 17 heavy (non-hydrogen) atoms. The number of halogens is 1. The normalized spacial score (nSPS) is 17.0. The van der Waals surface area contributed by atoms with Gasteiger partial charge < -0.3 is 9.73 Å². The van der Waals surface area contributed by atoms with Gasteiger partial charge in [0.2, 0.25) is 5.22 Å². The highest BCUT2D eigenvalue weighted by Crippen LogP contribution is 2.25. The van der Waals surface area contributed by atoms with Crippen LogP contribution in [0.5, 0.6) is 0 Å². The third kappa shape index (κ3) is 3.50. The summed E-state index contributed by atoms with van der Waals surface area (Å²) in [5.41, 5.74) is 0.426. The van der Waals surface area contributed by atoms with E-state index in [2.05, 4.69) is 5.32 Å². The van der Waals surface area contributed by atoms with Gasteiger partial charge in [-0.25, -0.2) is 0 Å². The lowest BCUT2D eigenvalue weighted by Crippen LogP contribution is -2.26. The molecular weight excluding hydrogens is 238 g/mol. The van der Waals surface area contributed by atoms with E-state index in [4.69, 9.17) is 16.0 Å². The van der Waals surface area contributed by atoms with Crippen molar-refractivity contribution in [2.45, 2.75) is 38.5 Å². The summed E-state index contributed by atoms with van der Waals surface area (Å²) in [7, 11) is 0. The number of nitrogens with one attached hydrogen (secondary N) is 1. The van der Waals surface area contributed by atoms with Gasteiger partial charge >= 0.3 is 0 Å². The average Bonchev–Trinajstić information content (AvgIpc) is 2.77. The SMILES string of the molecule is O=C(NCCC1CCCCC1)c1ccoc1Cl. The molecule has 1 aliphatic rings. The van der Waals surface area contributed by atoms with Crippen molar-refractivity contribution >= 4 is 17.5 Å². The maximum atomic E-state index is 11.7. The van der Waals surface area contributed by atoms with E-state index in [1.54, 1.807) is 6.07 Å². The second kappa shape index (κ2) is 6.10. The van der Waals surface area contributed by atoms with Crippen LogP contribution in [0.2, 0.25) is 5.22 Å². The maximum Gasteiger partial charge on any atom is 0.256 e. The molecule has 1 heterocycles. The van der Waals surface area contributed by atoms with Crippen molar-refractivity contribution in [1.29, 1.82) is 0 Å². The summed E-state index contributed by atoms with van der Waals surface area (Å²) in [5, 5.41) is 3.06. The van der Waals surface area contributed by atoms with Crippen molar-refractivity contribution in [2.75, 3.05) is 6.54 Å². The smallest absolute Gasteiger partial charge is 0.256 e. The molecule has 4 heteroatoms. The van der Waals surface area contributed by atoms with Crippen LogP contribution in [0.15, 0.2) is 16.7 Å². The molecule has 2 rings (SSSR count). The van der Waals surface area contributed by atoms with E-state index in [-0.39, 0.29) is 11.1 Å². The number of hydrogen-bond acceptors (Lipinski definition) is 2. The lowest BCUT2D eigenvalue weighted by Gasteiger charge is -2.21. The van der Waals surface area contributed by atoms with Crippen molar-refractivity contribution in [3.05, 3.63) is 23.1 Å². The Balaban J connectivity index is 1.71. The Kier molecular flexibility index (Phi) is 4.49. The molecule has 1 saturated carbocycles. The molecule has 0 spiro atoms. The van der Waals surface area contributed by atoms with Crippen molar-refractivity contribution in [3.8, 4) is 0 Å². The minimum atomic E-state index is -0.139. The minimum Gasteiger partial charge on any atom is -0.452 e. The first-order valence-corrected chi connectivity index (χ1v) is 6.66. The van der Waals surface area contributed by atoms with E-state index < -0.39 is 0 Å². The molecule has 1 fully saturated rings. The first-order chi connectivity index (χ1) is 8.27. The average molecular weight is 256 g/mol. The van der Waals surface area contributed by atoms with E-state index in [9.17, 15) is 4.79 Å². The Morgan fingerprint density at radius 2 is 2.18 bits per heavy atom. The molecule has 1 amide bonds. The largest absolute Gasteiger partial charge is 0.452 e. The second-order valence-corrected chi connectivity index (χ2v) is 5.00. The maximum absolute atomic E-state index is 11.7. The molecule has 1 N–H and O–H groups in total. The van der Waals surface area contributed by atoms with Crippen molar-refractivity contribution < 1.29 is 9.21 Å². The summed E-state index contributed by atoms with van der Waals surface area (Å²) in [5.74, 6) is 0.642. The molecule has 0 unspecified atom stereocenters. The summed E-state index contributed by atoms with van der Waals surface area (Å²) in [6.45, 7) is 0.727. The van der Waals surface area contributed by atoms with Gasteiger partial charge in [0.15, 0.2) is 0 Å². The Labute approximate surface area is 107 Å². The van der Waals surface area contributed by atoms with Gasteiger partial charge in [0, 0.05) is 6.54 Å². The third-order valence-corrected chi connectivity index (χ3v) is 3.72. The van der Waals surface area contributed by atoms with Gasteiger partial charge in [0.1, 0.15) is 0 Å². The van der Waals surface area contributed by atoms with Gasteiger partial charge in [0.05, 0.1) is 11.8 Å². The monoisotopic (exact) mass is 255 g/mol. The standard InChI is InChI=1S/C13H18ClNO2/c14-12-11(7-9-17-12)13(16)15-8-6-10-4-2-1-3-5-10/h7,9-10H,1-6,8H2,(H,15,16). The number of amides is 1. The van der Waals surface area contributed by atoms with Gasteiger partial charge in [0.25, 0.3) is 5.91 Å². The van der Waals surface area contributed by atoms with E-state index in [0.29, 0.717) is 5.56 Å². The van der Waals surface area contributed by atoms with Crippen LogP contribution in [0.4, 0.5) is 0 Å².